The van der Waals surface area contributed by atoms with Crippen LogP contribution in [0.3, 0.4) is 0 Å². The summed E-state index contributed by atoms with van der Waals surface area (Å²) in [4.78, 5) is 16.5. The number of nitrogen functional groups attached to an aromatic ring is 1. The van der Waals surface area contributed by atoms with Crippen LogP contribution in [0.4, 0.5) is 5.69 Å². The van der Waals surface area contributed by atoms with Crippen molar-refractivity contribution in [2.45, 2.75) is 6.92 Å². The first-order valence-corrected chi connectivity index (χ1v) is 6.57. The number of anilines is 1. The van der Waals surface area contributed by atoms with Crippen molar-refractivity contribution in [3.8, 4) is 0 Å². The number of amides is 1. The lowest BCUT2D eigenvalue weighted by molar-refractivity contribution is 0.0643. The van der Waals surface area contributed by atoms with Crippen LogP contribution < -0.4 is 5.73 Å². The molecule has 98 valence electrons. The molecule has 2 N–H and O–H groups in total. The van der Waals surface area contributed by atoms with Crippen molar-refractivity contribution in [1.82, 2.24) is 9.80 Å². The molecule has 1 saturated heterocycles. The lowest BCUT2D eigenvalue weighted by Crippen LogP contribution is -2.48. The highest BCUT2D eigenvalue weighted by Gasteiger charge is 2.23. The van der Waals surface area contributed by atoms with Crippen LogP contribution in [0.2, 0.25) is 5.02 Å². The van der Waals surface area contributed by atoms with Gasteiger partial charge in [0.2, 0.25) is 0 Å². The molecule has 0 bridgehead atoms. The van der Waals surface area contributed by atoms with Crippen LogP contribution in [-0.2, 0) is 0 Å². The maximum atomic E-state index is 12.3. The Balaban J connectivity index is 2.10. The number of hydrogen-bond donors (Lipinski definition) is 1. The van der Waals surface area contributed by atoms with E-state index < -0.39 is 0 Å². The van der Waals surface area contributed by atoms with Crippen molar-refractivity contribution < 1.29 is 4.79 Å². The molecule has 1 amide bonds. The standard InChI is InChI=1S/C13H18ClN3O/c1-2-16-6-8-17(9-7-16)13(18)10-4-3-5-11(15)12(10)14/h3-5H,2,6-9,15H2,1H3. The molecule has 1 aliphatic rings. The van der Waals surface area contributed by atoms with E-state index in [1.54, 1.807) is 18.2 Å². The molecule has 4 nitrogen and oxygen atoms in total. The average molecular weight is 268 g/mol. The smallest absolute Gasteiger partial charge is 0.255 e. The number of hydrogen-bond acceptors (Lipinski definition) is 3. The molecule has 0 saturated carbocycles. The summed E-state index contributed by atoms with van der Waals surface area (Å²) in [5.74, 6) is -0.0250. The summed E-state index contributed by atoms with van der Waals surface area (Å²) in [6.45, 7) is 6.49. The maximum absolute atomic E-state index is 12.3. The minimum Gasteiger partial charge on any atom is -0.398 e. The van der Waals surface area contributed by atoms with Crippen molar-refractivity contribution in [2.75, 3.05) is 38.5 Å². The lowest BCUT2D eigenvalue weighted by Gasteiger charge is -2.34. The largest absolute Gasteiger partial charge is 0.398 e. The van der Waals surface area contributed by atoms with Gasteiger partial charge in [0, 0.05) is 26.2 Å². The summed E-state index contributed by atoms with van der Waals surface area (Å²) in [5, 5.41) is 0.362. The third-order valence-electron chi connectivity index (χ3n) is 3.37. The number of carbonyl (C=O) groups is 1. The van der Waals surface area contributed by atoms with Crippen molar-refractivity contribution >= 4 is 23.2 Å². The fraction of sp³-hybridized carbons (Fsp3) is 0.462. The summed E-state index contributed by atoms with van der Waals surface area (Å²) < 4.78 is 0. The van der Waals surface area contributed by atoms with E-state index in [-0.39, 0.29) is 5.91 Å². The van der Waals surface area contributed by atoms with E-state index in [1.165, 1.54) is 0 Å². The van der Waals surface area contributed by atoms with Gasteiger partial charge < -0.3 is 15.5 Å². The van der Waals surface area contributed by atoms with Gasteiger partial charge in [-0.2, -0.15) is 0 Å². The number of piperazine rings is 1. The molecule has 0 atom stereocenters. The highest BCUT2D eigenvalue weighted by atomic mass is 35.5. The van der Waals surface area contributed by atoms with Crippen molar-refractivity contribution in [3.63, 3.8) is 0 Å². The predicted molar refractivity (Wildman–Crippen MR) is 73.9 cm³/mol. The first kappa shape index (κ1) is 13.2. The number of benzene rings is 1. The van der Waals surface area contributed by atoms with E-state index in [2.05, 4.69) is 11.8 Å². The molecular weight excluding hydrogens is 250 g/mol. The second-order valence-corrected chi connectivity index (χ2v) is 4.81. The highest BCUT2D eigenvalue weighted by molar-refractivity contribution is 6.36. The van der Waals surface area contributed by atoms with Gasteiger partial charge in [0.25, 0.3) is 5.91 Å². The Morgan fingerprint density at radius 1 is 1.33 bits per heavy atom. The van der Waals surface area contributed by atoms with Gasteiger partial charge in [0.05, 0.1) is 16.3 Å². The minimum atomic E-state index is -0.0250. The van der Waals surface area contributed by atoms with Crippen LogP contribution in [0.1, 0.15) is 17.3 Å². The molecule has 1 heterocycles. The fourth-order valence-corrected chi connectivity index (χ4v) is 2.36. The number of carbonyl (C=O) groups excluding carboxylic acids is 1. The van der Waals surface area contributed by atoms with Gasteiger partial charge in [0.15, 0.2) is 0 Å². The number of nitrogens with zero attached hydrogens (tertiary/aromatic N) is 2. The van der Waals surface area contributed by atoms with E-state index in [0.717, 1.165) is 32.7 Å². The molecule has 0 unspecified atom stereocenters. The normalized spacial score (nSPS) is 16.9. The molecule has 0 aliphatic carbocycles. The van der Waals surface area contributed by atoms with Crippen LogP contribution >= 0.6 is 11.6 Å². The van der Waals surface area contributed by atoms with E-state index in [1.807, 2.05) is 4.90 Å². The summed E-state index contributed by atoms with van der Waals surface area (Å²) in [6, 6.07) is 5.19. The average Bonchev–Trinajstić information content (AvgIpc) is 2.41. The molecule has 18 heavy (non-hydrogen) atoms. The quantitative estimate of drug-likeness (QED) is 0.830. The second kappa shape index (κ2) is 5.59. The zero-order chi connectivity index (χ0) is 13.1. The summed E-state index contributed by atoms with van der Waals surface area (Å²) in [6.07, 6.45) is 0. The molecule has 1 aromatic rings. The van der Waals surface area contributed by atoms with E-state index in [0.29, 0.717) is 16.3 Å². The summed E-state index contributed by atoms with van der Waals surface area (Å²) in [7, 11) is 0. The third kappa shape index (κ3) is 2.60. The molecule has 5 heteroatoms. The molecule has 0 radical (unpaired) electrons. The molecule has 0 aromatic heterocycles. The Hall–Kier alpha value is -1.26. The van der Waals surface area contributed by atoms with Gasteiger partial charge in [-0.1, -0.05) is 24.6 Å². The van der Waals surface area contributed by atoms with Crippen LogP contribution in [-0.4, -0.2) is 48.4 Å². The maximum Gasteiger partial charge on any atom is 0.255 e. The Morgan fingerprint density at radius 3 is 2.61 bits per heavy atom. The predicted octanol–water partition coefficient (Wildman–Crippen LogP) is 1.70. The van der Waals surface area contributed by atoms with Crippen LogP contribution in [0.5, 0.6) is 0 Å². The van der Waals surface area contributed by atoms with Crippen LogP contribution in [0.25, 0.3) is 0 Å². The molecule has 0 spiro atoms. The van der Waals surface area contributed by atoms with Crippen LogP contribution in [0.15, 0.2) is 18.2 Å². The number of rotatable bonds is 2. The monoisotopic (exact) mass is 267 g/mol. The molecule has 1 aromatic carbocycles. The number of halogens is 1. The van der Waals surface area contributed by atoms with Gasteiger partial charge in [-0.25, -0.2) is 0 Å². The molecule has 1 aliphatic heterocycles. The van der Waals surface area contributed by atoms with E-state index in [4.69, 9.17) is 17.3 Å². The SMILES string of the molecule is CCN1CCN(C(=O)c2cccc(N)c2Cl)CC1. The van der Waals surface area contributed by atoms with Gasteiger partial charge in [-0.05, 0) is 18.7 Å². The molecule has 1 fully saturated rings. The number of likely N-dealkylation sites (N-methyl/N-ethyl adjacent to an activating group) is 1. The highest BCUT2D eigenvalue weighted by Crippen LogP contribution is 2.24. The van der Waals surface area contributed by atoms with Gasteiger partial charge in [-0.15, -0.1) is 0 Å². The Labute approximate surface area is 112 Å². The summed E-state index contributed by atoms with van der Waals surface area (Å²) in [5.41, 5.74) is 6.68. The Kier molecular flexibility index (Phi) is 4.09. The van der Waals surface area contributed by atoms with Crippen molar-refractivity contribution in [3.05, 3.63) is 28.8 Å². The van der Waals surface area contributed by atoms with Gasteiger partial charge >= 0.3 is 0 Å². The molecule has 2 rings (SSSR count). The third-order valence-corrected chi connectivity index (χ3v) is 3.79. The number of nitrogens with two attached hydrogens (primary N) is 1. The lowest BCUT2D eigenvalue weighted by atomic mass is 10.1. The van der Waals surface area contributed by atoms with Gasteiger partial charge in [0.1, 0.15) is 0 Å². The first-order valence-electron chi connectivity index (χ1n) is 6.19. The van der Waals surface area contributed by atoms with Crippen LogP contribution in [0, 0.1) is 0 Å². The van der Waals surface area contributed by atoms with E-state index >= 15 is 0 Å². The molecular formula is C13H18ClN3O. The van der Waals surface area contributed by atoms with Crippen molar-refractivity contribution in [2.24, 2.45) is 0 Å². The minimum absolute atomic E-state index is 0.0250. The summed E-state index contributed by atoms with van der Waals surface area (Å²) >= 11 is 6.08. The first-order chi connectivity index (χ1) is 8.63. The van der Waals surface area contributed by atoms with Gasteiger partial charge in [-0.3, -0.25) is 4.79 Å². The zero-order valence-electron chi connectivity index (χ0n) is 10.5. The Bertz CT molecular complexity index is 442. The Morgan fingerprint density at radius 2 is 2.00 bits per heavy atom. The van der Waals surface area contributed by atoms with E-state index in [9.17, 15) is 4.79 Å². The topological polar surface area (TPSA) is 49.6 Å². The fourth-order valence-electron chi connectivity index (χ4n) is 2.15. The van der Waals surface area contributed by atoms with Crippen molar-refractivity contribution in [1.29, 1.82) is 0 Å². The second-order valence-electron chi connectivity index (χ2n) is 4.44. The zero-order valence-corrected chi connectivity index (χ0v) is 11.3.